The normalized spacial score (nSPS) is 18.2. The first kappa shape index (κ1) is 18.2. The van der Waals surface area contributed by atoms with E-state index >= 15 is 0 Å². The Hall–Kier alpha value is -0.190. The van der Waals surface area contributed by atoms with Crippen LogP contribution in [0.15, 0.2) is 41.3 Å². The Balaban J connectivity index is 0.00000176. The summed E-state index contributed by atoms with van der Waals surface area (Å²) in [6.07, 6.45) is 9.13. The molecule has 0 radical (unpaired) electrons. The van der Waals surface area contributed by atoms with Crippen LogP contribution in [0.2, 0.25) is 0 Å². The molecule has 1 N–H and O–H groups in total. The third-order valence-electron chi connectivity index (χ3n) is 4.63. The second kappa shape index (κ2) is 8.60. The van der Waals surface area contributed by atoms with E-state index in [1.54, 1.807) is 6.07 Å². The molecule has 1 aliphatic rings. The van der Waals surface area contributed by atoms with Crippen molar-refractivity contribution in [3.8, 4) is 0 Å². The SMILES string of the molecule is O=S(O)c1ccc2cccc(C3CCCCCCC3)c2c1.[NaH]. The van der Waals surface area contributed by atoms with Gasteiger partial charge in [-0.1, -0.05) is 56.4 Å². The van der Waals surface area contributed by atoms with Crippen molar-refractivity contribution in [3.05, 3.63) is 42.0 Å². The van der Waals surface area contributed by atoms with Crippen molar-refractivity contribution in [1.29, 1.82) is 0 Å². The van der Waals surface area contributed by atoms with Crippen LogP contribution in [0.3, 0.4) is 0 Å². The van der Waals surface area contributed by atoms with Crippen molar-refractivity contribution in [1.82, 2.24) is 0 Å². The van der Waals surface area contributed by atoms with Gasteiger partial charge in [-0.3, -0.25) is 0 Å². The molecule has 4 heteroatoms. The molecule has 0 bridgehead atoms. The summed E-state index contributed by atoms with van der Waals surface area (Å²) in [5, 5.41) is 2.33. The Bertz CT molecular complexity index is 649. The van der Waals surface area contributed by atoms with Crippen LogP contribution in [0.1, 0.15) is 56.4 Å². The second-order valence-electron chi connectivity index (χ2n) is 6.02. The summed E-state index contributed by atoms with van der Waals surface area (Å²) in [5.74, 6) is 0.594. The van der Waals surface area contributed by atoms with Crippen molar-refractivity contribution in [3.63, 3.8) is 0 Å². The van der Waals surface area contributed by atoms with E-state index < -0.39 is 11.1 Å². The molecule has 3 rings (SSSR count). The molecule has 2 nitrogen and oxygen atoms in total. The van der Waals surface area contributed by atoms with Gasteiger partial charge in [0.1, 0.15) is 0 Å². The Kier molecular flexibility index (Phi) is 7.10. The molecular formula is C18H23NaO2S. The molecule has 1 atom stereocenters. The van der Waals surface area contributed by atoms with Crippen molar-refractivity contribution < 1.29 is 8.76 Å². The first-order valence-corrected chi connectivity index (χ1v) is 9.00. The summed E-state index contributed by atoms with van der Waals surface area (Å²) in [6.45, 7) is 0. The fraction of sp³-hybridized carbons (Fsp3) is 0.444. The maximum atomic E-state index is 11.3. The fourth-order valence-electron chi connectivity index (χ4n) is 3.51. The van der Waals surface area contributed by atoms with Gasteiger partial charge in [-0.05, 0) is 47.2 Å². The molecule has 1 aliphatic carbocycles. The molecule has 1 saturated carbocycles. The number of rotatable bonds is 2. The van der Waals surface area contributed by atoms with Gasteiger partial charge in [0.25, 0.3) is 0 Å². The van der Waals surface area contributed by atoms with Crippen LogP contribution in [0.25, 0.3) is 10.8 Å². The molecule has 2 aromatic carbocycles. The fourth-order valence-corrected chi connectivity index (χ4v) is 3.91. The van der Waals surface area contributed by atoms with E-state index in [2.05, 4.69) is 18.2 Å². The zero-order valence-electron chi connectivity index (χ0n) is 12.3. The van der Waals surface area contributed by atoms with Gasteiger partial charge in [0, 0.05) is 0 Å². The monoisotopic (exact) mass is 326 g/mol. The van der Waals surface area contributed by atoms with E-state index in [4.69, 9.17) is 0 Å². The van der Waals surface area contributed by atoms with Gasteiger partial charge in [-0.15, -0.1) is 0 Å². The van der Waals surface area contributed by atoms with Crippen LogP contribution in [0.4, 0.5) is 0 Å². The van der Waals surface area contributed by atoms with E-state index in [1.807, 2.05) is 12.1 Å². The third-order valence-corrected chi connectivity index (χ3v) is 5.29. The van der Waals surface area contributed by atoms with Crippen LogP contribution in [-0.2, 0) is 11.1 Å². The molecule has 0 spiro atoms. The van der Waals surface area contributed by atoms with Gasteiger partial charge >= 0.3 is 29.6 Å². The zero-order valence-corrected chi connectivity index (χ0v) is 13.1. The van der Waals surface area contributed by atoms with Gasteiger partial charge in [0.05, 0.1) is 4.90 Å². The number of fused-ring (bicyclic) bond motifs is 1. The summed E-state index contributed by atoms with van der Waals surface area (Å²) in [7, 11) is 0. The average Bonchev–Trinajstić information content (AvgIpc) is 2.46. The van der Waals surface area contributed by atoms with Crippen LogP contribution >= 0.6 is 0 Å². The Labute approximate surface area is 157 Å². The first-order chi connectivity index (χ1) is 10.3. The summed E-state index contributed by atoms with van der Waals surface area (Å²) < 4.78 is 20.7. The Morgan fingerprint density at radius 3 is 2.32 bits per heavy atom. The van der Waals surface area contributed by atoms with Crippen molar-refractivity contribution in [2.24, 2.45) is 0 Å². The first-order valence-electron chi connectivity index (χ1n) is 7.89. The summed E-state index contributed by atoms with van der Waals surface area (Å²) in [4.78, 5) is 0.501. The van der Waals surface area contributed by atoms with Crippen molar-refractivity contribution in [2.75, 3.05) is 0 Å². The van der Waals surface area contributed by atoms with Gasteiger partial charge in [0.15, 0.2) is 11.1 Å². The molecule has 114 valence electrons. The molecule has 0 saturated heterocycles. The summed E-state index contributed by atoms with van der Waals surface area (Å²) in [5.41, 5.74) is 1.36. The standard InChI is InChI=1S/C18H22O2S.Na.H/c19-21(20)16-12-11-15-9-6-10-17(18(15)13-16)14-7-4-2-1-3-5-8-14;;/h6,9-14H,1-5,7-8H2,(H,19,20);;. The van der Waals surface area contributed by atoms with Crippen LogP contribution in [0, 0.1) is 0 Å². The van der Waals surface area contributed by atoms with Gasteiger partial charge in [-0.2, -0.15) is 0 Å². The topological polar surface area (TPSA) is 37.3 Å². The predicted octanol–water partition coefficient (Wildman–Crippen LogP) is 4.60. The van der Waals surface area contributed by atoms with Crippen LogP contribution < -0.4 is 0 Å². The molecule has 22 heavy (non-hydrogen) atoms. The average molecular weight is 326 g/mol. The van der Waals surface area contributed by atoms with Gasteiger partial charge in [0.2, 0.25) is 0 Å². The molecule has 0 aliphatic heterocycles. The minimum absolute atomic E-state index is 0. The molecule has 0 amide bonds. The summed E-state index contributed by atoms with van der Waals surface area (Å²) in [6, 6.07) is 12.0. The van der Waals surface area contributed by atoms with E-state index in [-0.39, 0.29) is 29.6 Å². The summed E-state index contributed by atoms with van der Waals surface area (Å²) >= 11 is -1.90. The molecule has 0 heterocycles. The van der Waals surface area contributed by atoms with Gasteiger partial charge in [-0.25, -0.2) is 4.21 Å². The number of hydrogen-bond donors (Lipinski definition) is 1. The van der Waals surface area contributed by atoms with E-state index in [9.17, 15) is 8.76 Å². The molecule has 0 aromatic heterocycles. The zero-order chi connectivity index (χ0) is 14.7. The molecule has 1 fully saturated rings. The second-order valence-corrected chi connectivity index (χ2v) is 6.99. The Morgan fingerprint density at radius 2 is 1.64 bits per heavy atom. The van der Waals surface area contributed by atoms with E-state index in [1.165, 1.54) is 55.9 Å². The number of hydrogen-bond acceptors (Lipinski definition) is 1. The quantitative estimate of drug-likeness (QED) is 0.647. The van der Waals surface area contributed by atoms with Crippen molar-refractivity contribution >= 4 is 51.4 Å². The molecule has 2 aromatic rings. The molecule has 1 unspecified atom stereocenters. The minimum atomic E-state index is -1.90. The van der Waals surface area contributed by atoms with Crippen LogP contribution in [0.5, 0.6) is 0 Å². The van der Waals surface area contributed by atoms with Crippen LogP contribution in [-0.4, -0.2) is 38.3 Å². The molecular weight excluding hydrogens is 303 g/mol. The predicted molar refractivity (Wildman–Crippen MR) is 95.2 cm³/mol. The van der Waals surface area contributed by atoms with Crippen molar-refractivity contribution in [2.45, 2.75) is 55.8 Å². The van der Waals surface area contributed by atoms with Gasteiger partial charge < -0.3 is 4.55 Å². The third kappa shape index (κ3) is 4.21. The maximum absolute atomic E-state index is 11.3. The Morgan fingerprint density at radius 1 is 0.955 bits per heavy atom. The number of benzene rings is 2. The van der Waals surface area contributed by atoms with E-state index in [0.29, 0.717) is 10.8 Å². The van der Waals surface area contributed by atoms with E-state index in [0.717, 1.165) is 5.39 Å².